The predicted octanol–water partition coefficient (Wildman–Crippen LogP) is 2.16. The third kappa shape index (κ3) is 1.51. The highest BCUT2D eigenvalue weighted by Crippen LogP contribution is 2.45. The van der Waals surface area contributed by atoms with Crippen LogP contribution in [-0.2, 0) is 4.79 Å². The molecule has 0 unspecified atom stereocenters. The molecule has 0 amide bonds. The van der Waals surface area contributed by atoms with Crippen molar-refractivity contribution in [2.24, 2.45) is 0 Å². The van der Waals surface area contributed by atoms with Crippen LogP contribution in [0.15, 0.2) is 39.8 Å². The van der Waals surface area contributed by atoms with Crippen LogP contribution in [0.5, 0.6) is 0 Å². The molecule has 0 spiro atoms. The number of allylic oxidation sites excluding steroid dienone is 1. The summed E-state index contributed by atoms with van der Waals surface area (Å²) in [6, 6.07) is 9.73. The number of hydrogen-bond acceptors (Lipinski definition) is 4. The molecule has 0 atom stereocenters. The quantitative estimate of drug-likeness (QED) is 0.410. The molecular formula is C11H8N2OS. The predicted molar refractivity (Wildman–Crippen MR) is 59.4 cm³/mol. The van der Waals surface area contributed by atoms with Gasteiger partial charge in [-0.15, -0.1) is 0 Å². The van der Waals surface area contributed by atoms with Crippen LogP contribution < -0.4 is 4.90 Å². The van der Waals surface area contributed by atoms with E-state index in [4.69, 9.17) is 5.26 Å². The number of rotatable bonds is 1. The van der Waals surface area contributed by atoms with Gasteiger partial charge in [0.15, 0.2) is 6.29 Å². The monoisotopic (exact) mass is 216 g/mol. The van der Waals surface area contributed by atoms with Crippen molar-refractivity contribution in [2.75, 3.05) is 11.9 Å². The van der Waals surface area contributed by atoms with Gasteiger partial charge in [0, 0.05) is 11.9 Å². The van der Waals surface area contributed by atoms with Gasteiger partial charge in [-0.2, -0.15) is 5.26 Å². The van der Waals surface area contributed by atoms with E-state index >= 15 is 0 Å². The number of carbonyl (C=O) groups excluding carboxylic acids is 1. The minimum absolute atomic E-state index is 0.179. The molecule has 0 radical (unpaired) electrons. The van der Waals surface area contributed by atoms with Crippen LogP contribution in [0.3, 0.4) is 0 Å². The van der Waals surface area contributed by atoms with Gasteiger partial charge in [0.25, 0.3) is 0 Å². The van der Waals surface area contributed by atoms with Gasteiger partial charge in [-0.1, -0.05) is 23.9 Å². The molecule has 0 fully saturated rings. The minimum atomic E-state index is 0.179. The lowest BCUT2D eigenvalue weighted by Crippen LogP contribution is -2.11. The number of fused-ring (bicyclic) bond motifs is 1. The number of para-hydroxylation sites is 1. The first-order valence-corrected chi connectivity index (χ1v) is 5.19. The third-order valence-corrected chi connectivity index (χ3v) is 3.46. The van der Waals surface area contributed by atoms with Crippen molar-refractivity contribution in [3.63, 3.8) is 0 Å². The summed E-state index contributed by atoms with van der Waals surface area (Å²) < 4.78 is 0. The fourth-order valence-electron chi connectivity index (χ4n) is 1.46. The first-order valence-electron chi connectivity index (χ1n) is 4.38. The first kappa shape index (κ1) is 9.81. The largest absolute Gasteiger partial charge is 0.337 e. The molecule has 3 nitrogen and oxygen atoms in total. The average molecular weight is 216 g/mol. The Kier molecular flexibility index (Phi) is 2.48. The molecule has 1 heterocycles. The van der Waals surface area contributed by atoms with Crippen molar-refractivity contribution in [3.8, 4) is 6.07 Å². The molecule has 1 aromatic carbocycles. The summed E-state index contributed by atoms with van der Waals surface area (Å²) in [5, 5.41) is 9.51. The van der Waals surface area contributed by atoms with Gasteiger partial charge >= 0.3 is 0 Å². The molecule has 4 heteroatoms. The van der Waals surface area contributed by atoms with Crippen LogP contribution in [0.2, 0.25) is 0 Å². The summed E-state index contributed by atoms with van der Waals surface area (Å²) in [5.41, 5.74) is 1.21. The number of aldehydes is 1. The number of nitrogens with zero attached hydrogens (tertiary/aromatic N) is 2. The van der Waals surface area contributed by atoms with E-state index in [-0.39, 0.29) is 5.57 Å². The van der Waals surface area contributed by atoms with Gasteiger partial charge < -0.3 is 4.90 Å². The first-order chi connectivity index (χ1) is 7.27. The number of carbonyl (C=O) groups is 1. The Morgan fingerprint density at radius 1 is 1.53 bits per heavy atom. The second-order valence-electron chi connectivity index (χ2n) is 3.08. The molecule has 2 rings (SSSR count). The molecule has 1 aliphatic rings. The van der Waals surface area contributed by atoms with E-state index in [0.717, 1.165) is 10.6 Å². The number of hydrogen-bond donors (Lipinski definition) is 0. The lowest BCUT2D eigenvalue weighted by atomic mass is 10.3. The summed E-state index contributed by atoms with van der Waals surface area (Å²) in [5.74, 6) is 0. The highest BCUT2D eigenvalue weighted by Gasteiger charge is 2.24. The van der Waals surface area contributed by atoms with E-state index in [0.29, 0.717) is 11.3 Å². The summed E-state index contributed by atoms with van der Waals surface area (Å²) in [6.45, 7) is 0. The van der Waals surface area contributed by atoms with E-state index in [1.165, 1.54) is 11.8 Å². The second kappa shape index (κ2) is 3.79. The third-order valence-electron chi connectivity index (χ3n) is 2.21. The van der Waals surface area contributed by atoms with E-state index in [2.05, 4.69) is 0 Å². The Hall–Kier alpha value is -1.73. The second-order valence-corrected chi connectivity index (χ2v) is 4.11. The molecule has 0 saturated carbocycles. The zero-order chi connectivity index (χ0) is 10.8. The number of nitriles is 1. The molecule has 1 aliphatic heterocycles. The van der Waals surface area contributed by atoms with Gasteiger partial charge in [-0.05, 0) is 12.1 Å². The van der Waals surface area contributed by atoms with E-state index in [1.807, 2.05) is 42.3 Å². The number of thioether (sulfide) groups is 1. The van der Waals surface area contributed by atoms with Crippen molar-refractivity contribution in [1.29, 1.82) is 5.26 Å². The van der Waals surface area contributed by atoms with Gasteiger partial charge in [-0.3, -0.25) is 4.79 Å². The van der Waals surface area contributed by atoms with Gasteiger partial charge in [0.05, 0.1) is 5.69 Å². The zero-order valence-electron chi connectivity index (χ0n) is 8.10. The van der Waals surface area contributed by atoms with Crippen molar-refractivity contribution in [1.82, 2.24) is 0 Å². The molecule has 1 aromatic rings. The molecular weight excluding hydrogens is 208 g/mol. The summed E-state index contributed by atoms with van der Waals surface area (Å²) >= 11 is 1.45. The summed E-state index contributed by atoms with van der Waals surface area (Å²) in [7, 11) is 1.86. The average Bonchev–Trinajstić information content (AvgIpc) is 2.60. The topological polar surface area (TPSA) is 44.1 Å². The molecule has 0 aromatic heterocycles. The Balaban J connectivity index is 2.52. The standard InChI is InChI=1S/C11H8N2OS/c1-13-9-4-2-3-5-10(9)15-11(13)8(6-12)7-14/h2-5,7H,1H3/b11-8+. The fraction of sp³-hybridized carbons (Fsp3) is 0.0909. The lowest BCUT2D eigenvalue weighted by Gasteiger charge is -2.12. The van der Waals surface area contributed by atoms with E-state index < -0.39 is 0 Å². The Morgan fingerprint density at radius 2 is 2.27 bits per heavy atom. The van der Waals surface area contributed by atoms with Crippen LogP contribution >= 0.6 is 11.8 Å². The Labute approximate surface area is 92.0 Å². The summed E-state index contributed by atoms with van der Waals surface area (Å²) in [4.78, 5) is 13.6. The van der Waals surface area contributed by atoms with Gasteiger partial charge in [0.1, 0.15) is 16.7 Å². The molecule has 0 bridgehead atoms. The number of benzene rings is 1. The molecule has 15 heavy (non-hydrogen) atoms. The van der Waals surface area contributed by atoms with Crippen LogP contribution in [0.4, 0.5) is 5.69 Å². The van der Waals surface area contributed by atoms with Crippen molar-refractivity contribution in [2.45, 2.75) is 4.90 Å². The smallest absolute Gasteiger partial charge is 0.163 e. The SMILES string of the molecule is CN1/C(=C(/C#N)C=O)Sc2ccccc21. The highest BCUT2D eigenvalue weighted by atomic mass is 32.2. The lowest BCUT2D eigenvalue weighted by molar-refractivity contribution is -0.104. The van der Waals surface area contributed by atoms with Gasteiger partial charge in [0.2, 0.25) is 0 Å². The number of anilines is 1. The maximum atomic E-state index is 10.7. The van der Waals surface area contributed by atoms with Crippen LogP contribution in [0, 0.1) is 11.3 Å². The van der Waals surface area contributed by atoms with Crippen LogP contribution in [0.25, 0.3) is 0 Å². The zero-order valence-corrected chi connectivity index (χ0v) is 8.91. The molecule has 0 N–H and O–H groups in total. The van der Waals surface area contributed by atoms with E-state index in [1.54, 1.807) is 0 Å². The Morgan fingerprint density at radius 3 is 2.87 bits per heavy atom. The highest BCUT2D eigenvalue weighted by molar-refractivity contribution is 8.03. The van der Waals surface area contributed by atoms with Gasteiger partial charge in [-0.25, -0.2) is 0 Å². The normalized spacial score (nSPS) is 16.9. The fourth-order valence-corrected chi connectivity index (χ4v) is 2.57. The van der Waals surface area contributed by atoms with Crippen molar-refractivity contribution in [3.05, 3.63) is 34.9 Å². The summed E-state index contributed by atoms with van der Waals surface area (Å²) in [6.07, 6.45) is 0.602. The Bertz CT molecular complexity index is 488. The van der Waals surface area contributed by atoms with Crippen LogP contribution in [-0.4, -0.2) is 13.3 Å². The van der Waals surface area contributed by atoms with Crippen LogP contribution in [0.1, 0.15) is 0 Å². The molecule has 74 valence electrons. The molecule has 0 aliphatic carbocycles. The minimum Gasteiger partial charge on any atom is -0.337 e. The maximum absolute atomic E-state index is 10.7. The molecule has 0 saturated heterocycles. The van der Waals surface area contributed by atoms with Crippen molar-refractivity contribution >= 4 is 23.7 Å². The van der Waals surface area contributed by atoms with Crippen molar-refractivity contribution < 1.29 is 4.79 Å². The maximum Gasteiger partial charge on any atom is 0.163 e. The van der Waals surface area contributed by atoms with E-state index in [9.17, 15) is 4.79 Å².